The van der Waals surface area contributed by atoms with Crippen LogP contribution in [0.4, 0.5) is 5.69 Å². The smallest absolute Gasteiger partial charge is 0.0140 e. The van der Waals surface area contributed by atoms with Crippen LogP contribution < -0.4 is 9.64 Å². The molecule has 5 heteroatoms. The van der Waals surface area contributed by atoms with Gasteiger partial charge in [0.25, 0.3) is 0 Å². The van der Waals surface area contributed by atoms with Gasteiger partial charge in [-0.3, -0.25) is 0 Å². The minimum absolute atomic E-state index is 0.0957. The van der Waals surface area contributed by atoms with Gasteiger partial charge in [-0.2, -0.15) is 0 Å². The fourth-order valence-electron chi connectivity index (χ4n) is 7.37. The van der Waals surface area contributed by atoms with Gasteiger partial charge < -0.3 is 4.90 Å². The minimum atomic E-state index is -1.89. The Bertz CT molecular complexity index is 1370. The van der Waals surface area contributed by atoms with E-state index in [9.17, 15) is 0 Å². The molecule has 1 saturated heterocycles. The topological polar surface area (TPSA) is 12.5 Å². The van der Waals surface area contributed by atoms with Crippen molar-refractivity contribution in [2.75, 3.05) is 4.90 Å². The van der Waals surface area contributed by atoms with Crippen molar-refractivity contribution >= 4 is 29.7 Å². The molecule has 1 unspecified atom stereocenters. The fourth-order valence-corrected chi connectivity index (χ4v) is 9.15. The Morgan fingerprint density at radius 3 is 2.07 bits per heavy atom. The molecule has 0 N–H and O–H groups in total. The van der Waals surface area contributed by atoms with Crippen LogP contribution in [0.15, 0.2) is 66.7 Å². The van der Waals surface area contributed by atoms with E-state index in [4.69, 9.17) is 24.1 Å². The zero-order valence-corrected chi connectivity index (χ0v) is 31.0. The van der Waals surface area contributed by atoms with Crippen LogP contribution in [0.1, 0.15) is 104 Å². The summed E-state index contributed by atoms with van der Waals surface area (Å²) in [5.41, 5.74) is 8.25. The molecule has 2 aliphatic rings. The molecule has 1 aliphatic heterocycles. The van der Waals surface area contributed by atoms with E-state index in [1.165, 1.54) is 55.3 Å². The van der Waals surface area contributed by atoms with Gasteiger partial charge in [0.15, 0.2) is 0 Å². The summed E-state index contributed by atoms with van der Waals surface area (Å²) in [4.78, 5) is 2.67. The molecule has 2 nitrogen and oxygen atoms in total. The van der Waals surface area contributed by atoms with Crippen LogP contribution in [0, 0.1) is 17.9 Å². The van der Waals surface area contributed by atoms with Gasteiger partial charge in [-0.15, -0.1) is 5.41 Å². The van der Waals surface area contributed by atoms with Crippen molar-refractivity contribution in [2.45, 2.75) is 111 Å². The fraction of sp³-hybridized carbons (Fsp3) is 0.487. The molecule has 1 saturated carbocycles. The number of benzene rings is 3. The largest absolute Gasteiger partial charge is 0.517 e. The Labute approximate surface area is 281 Å². The summed E-state index contributed by atoms with van der Waals surface area (Å²) in [5.74, 6) is 1.73. The predicted octanol–water partition coefficient (Wildman–Crippen LogP) is 11.8. The third kappa shape index (κ3) is 8.57. The molecule has 0 amide bonds. The van der Waals surface area contributed by atoms with Gasteiger partial charge in [0.2, 0.25) is 0 Å². The Kier molecular flexibility index (Phi) is 12.6. The standard InChI is InChI=1S/C23H36N.C16H16O.2ClH.Ru/c1-6-18-12-11-13-19(7-2)21(18)24-17-23(5,16-22(24,3)4)20-14-9-8-10-15-20;1-12(2)17-16-13(3)8-7-11-15(16)14-9-5-4-6-10-14;;;/h11-13,17,20H,6-10,14-16H2,1-5H3;3-12H,1-2H3;2*1H;/q-1;;;;+2/p-2. The average Bonchev–Trinajstić information content (AvgIpc) is 3.27. The third-order valence-electron chi connectivity index (χ3n) is 9.30. The first-order valence-corrected chi connectivity index (χ1v) is 21.9. The van der Waals surface area contributed by atoms with Crippen molar-refractivity contribution in [1.82, 2.24) is 0 Å². The van der Waals surface area contributed by atoms with Gasteiger partial charge in [0, 0.05) is 11.2 Å². The second-order valence-corrected chi connectivity index (χ2v) is 19.2. The van der Waals surface area contributed by atoms with Crippen molar-refractivity contribution in [3.63, 3.8) is 0 Å². The quantitative estimate of drug-likeness (QED) is 0.170. The van der Waals surface area contributed by atoms with Crippen molar-refractivity contribution in [1.29, 1.82) is 0 Å². The van der Waals surface area contributed by atoms with Gasteiger partial charge >= 0.3 is 133 Å². The van der Waals surface area contributed by atoms with Crippen molar-refractivity contribution in [3.05, 3.63) is 90.0 Å². The van der Waals surface area contributed by atoms with E-state index >= 15 is 0 Å². The minimum Gasteiger partial charge on any atom is -0.517 e. The summed E-state index contributed by atoms with van der Waals surface area (Å²) >= 11 is -1.89. The normalized spacial score (nSPS) is 20.2. The van der Waals surface area contributed by atoms with Crippen LogP contribution in [0.2, 0.25) is 0 Å². The molecular formula is C39H52Cl2NORu-. The summed E-state index contributed by atoms with van der Waals surface area (Å²) < 4.78 is 7.93. The summed E-state index contributed by atoms with van der Waals surface area (Å²) in [5, 5.41) is 0. The Balaban J connectivity index is 0.000000204. The number of rotatable bonds is 8. The molecule has 0 bridgehead atoms. The van der Waals surface area contributed by atoms with Gasteiger partial charge in [-0.25, -0.2) is 6.54 Å². The van der Waals surface area contributed by atoms with Crippen LogP contribution in [-0.2, 0) is 26.4 Å². The first-order valence-electron chi connectivity index (χ1n) is 16.4. The molecule has 5 rings (SSSR count). The number of para-hydroxylation sites is 2. The van der Waals surface area contributed by atoms with E-state index in [1.807, 2.05) is 48.8 Å². The summed E-state index contributed by atoms with van der Waals surface area (Å²) in [6.07, 6.45) is 10.8. The van der Waals surface area contributed by atoms with Crippen molar-refractivity contribution in [2.24, 2.45) is 11.3 Å². The summed E-state index contributed by atoms with van der Waals surface area (Å²) in [6.45, 7) is 18.7. The molecule has 0 aromatic heterocycles. The first kappa shape index (κ1) is 35.2. The van der Waals surface area contributed by atoms with E-state index in [-0.39, 0.29) is 11.6 Å². The van der Waals surface area contributed by atoms with Crippen LogP contribution in [0.5, 0.6) is 5.75 Å². The van der Waals surface area contributed by atoms with E-state index in [1.54, 1.807) is 0 Å². The number of aryl methyl sites for hydroxylation is 2. The number of ether oxygens (including phenoxy) is 1. The second kappa shape index (κ2) is 15.8. The first-order chi connectivity index (χ1) is 21.0. The molecule has 2 fully saturated rings. The van der Waals surface area contributed by atoms with Gasteiger partial charge in [0.05, 0.1) is 0 Å². The monoisotopic (exact) mass is 722 g/mol. The zero-order valence-electron chi connectivity index (χ0n) is 27.8. The van der Waals surface area contributed by atoms with Gasteiger partial charge in [-0.05, 0) is 37.8 Å². The van der Waals surface area contributed by atoms with E-state index in [0.717, 1.165) is 41.2 Å². The molecule has 1 atom stereocenters. The summed E-state index contributed by atoms with van der Waals surface area (Å²) in [7, 11) is 12.0. The van der Waals surface area contributed by atoms with Gasteiger partial charge in [0.1, 0.15) is 0 Å². The maximum atomic E-state index is 6.02. The van der Waals surface area contributed by atoms with E-state index < -0.39 is 13.5 Å². The maximum Gasteiger partial charge on any atom is 0.0140 e. The molecule has 0 spiro atoms. The van der Waals surface area contributed by atoms with E-state index in [2.05, 4.69) is 82.5 Å². The molecule has 3 aromatic rings. The SMILES string of the molecule is CC(C)Oc1c([CH]=[Ru]([Cl])[Cl])cccc1-c1ccccc1.CCc1cccc(CC)c1N1[CH-]C(C)(C2CCCCC2)CC1(C)C. The predicted molar refractivity (Wildman–Crippen MR) is 190 cm³/mol. The second-order valence-electron chi connectivity index (χ2n) is 13.5. The van der Waals surface area contributed by atoms with Crippen molar-refractivity contribution in [3.8, 4) is 16.9 Å². The average molecular weight is 723 g/mol. The summed E-state index contributed by atoms with van der Waals surface area (Å²) in [6, 6.07) is 23.1. The van der Waals surface area contributed by atoms with Crippen LogP contribution in [0.25, 0.3) is 11.1 Å². The van der Waals surface area contributed by atoms with Crippen LogP contribution in [-0.4, -0.2) is 16.3 Å². The molecule has 0 radical (unpaired) electrons. The zero-order chi connectivity index (χ0) is 31.9. The van der Waals surface area contributed by atoms with Gasteiger partial charge in [-0.1, -0.05) is 83.4 Å². The van der Waals surface area contributed by atoms with Crippen molar-refractivity contribution < 1.29 is 18.3 Å². The molecule has 242 valence electrons. The number of halogens is 2. The molecule has 44 heavy (non-hydrogen) atoms. The van der Waals surface area contributed by atoms with Crippen LogP contribution in [0.3, 0.4) is 0 Å². The molecule has 1 aliphatic carbocycles. The molecule has 1 heterocycles. The third-order valence-corrected chi connectivity index (χ3v) is 11.1. The number of hydrogen-bond donors (Lipinski definition) is 0. The maximum absolute atomic E-state index is 6.02. The number of anilines is 1. The Hall–Kier alpha value is -1.67. The van der Waals surface area contributed by atoms with E-state index in [0.29, 0.717) is 5.41 Å². The van der Waals surface area contributed by atoms with Crippen LogP contribution >= 0.6 is 19.4 Å². The molecular weight excluding hydrogens is 670 g/mol. The Morgan fingerprint density at radius 2 is 1.50 bits per heavy atom. The number of nitrogens with zero attached hydrogens (tertiary/aromatic N) is 1. The Morgan fingerprint density at radius 1 is 0.886 bits per heavy atom. The number of hydrogen-bond acceptors (Lipinski definition) is 2. The molecule has 3 aromatic carbocycles.